The molecular formula is C20H22N4O4S. The minimum Gasteiger partial charge on any atom is -0.479 e. The molecule has 29 heavy (non-hydrogen) atoms. The Bertz CT molecular complexity index is 1040. The van der Waals surface area contributed by atoms with Gasteiger partial charge in [-0.2, -0.15) is 10.4 Å². The fourth-order valence-electron chi connectivity index (χ4n) is 2.48. The Kier molecular flexibility index (Phi) is 7.33. The number of rotatable bonds is 8. The molecule has 2 rings (SSSR count). The van der Waals surface area contributed by atoms with Gasteiger partial charge in [-0.25, -0.2) is 13.8 Å². The van der Waals surface area contributed by atoms with Gasteiger partial charge < -0.3 is 4.74 Å². The van der Waals surface area contributed by atoms with Crippen LogP contribution >= 0.6 is 0 Å². The van der Waals surface area contributed by atoms with Crippen LogP contribution in [0.1, 0.15) is 16.7 Å². The first-order chi connectivity index (χ1) is 13.7. The molecule has 0 bridgehead atoms. The standard InChI is InChI=1S/C20H22N4O4S/c1-15-4-5-16(2)19(12-15)24(29(3,26)27)14-20(25)23-22-13-17-6-8-18(9-7-17)28-11-10-21/h4-9,12-13H,11,14H2,1-3H3,(H,23,25)/b22-13-. The summed E-state index contributed by atoms with van der Waals surface area (Å²) in [6.07, 6.45) is 2.48. The molecule has 0 radical (unpaired) electrons. The molecule has 152 valence electrons. The molecule has 9 heteroatoms. The number of hydrogen-bond donors (Lipinski definition) is 1. The van der Waals surface area contributed by atoms with Gasteiger partial charge in [-0.05, 0) is 60.9 Å². The van der Waals surface area contributed by atoms with Crippen LogP contribution in [0.25, 0.3) is 0 Å². The number of benzene rings is 2. The number of hydrogen-bond acceptors (Lipinski definition) is 6. The van der Waals surface area contributed by atoms with Crippen LogP contribution in [0.3, 0.4) is 0 Å². The predicted octanol–water partition coefficient (Wildman–Crippen LogP) is 2.12. The van der Waals surface area contributed by atoms with E-state index in [0.29, 0.717) is 17.0 Å². The molecule has 0 aliphatic carbocycles. The smallest absolute Gasteiger partial charge is 0.260 e. The molecule has 8 nitrogen and oxygen atoms in total. The maximum Gasteiger partial charge on any atom is 0.260 e. The van der Waals surface area contributed by atoms with Crippen molar-refractivity contribution in [3.8, 4) is 11.8 Å². The fraction of sp³-hybridized carbons (Fsp3) is 0.250. The molecule has 0 unspecified atom stereocenters. The van der Waals surface area contributed by atoms with Crippen molar-refractivity contribution in [2.45, 2.75) is 13.8 Å². The Hall–Kier alpha value is -3.38. The fourth-order valence-corrected chi connectivity index (χ4v) is 3.39. The van der Waals surface area contributed by atoms with Crippen molar-refractivity contribution >= 4 is 27.8 Å². The first-order valence-electron chi connectivity index (χ1n) is 8.67. The second-order valence-corrected chi connectivity index (χ2v) is 8.28. The van der Waals surface area contributed by atoms with Crippen LogP contribution in [0.15, 0.2) is 47.6 Å². The molecule has 0 aliphatic heterocycles. The summed E-state index contributed by atoms with van der Waals surface area (Å²) in [6, 6.07) is 14.1. The third-order valence-corrected chi connectivity index (χ3v) is 5.03. The summed E-state index contributed by atoms with van der Waals surface area (Å²) in [5.41, 5.74) is 5.13. The van der Waals surface area contributed by atoms with Crippen molar-refractivity contribution in [1.29, 1.82) is 5.26 Å². The van der Waals surface area contributed by atoms with Crippen molar-refractivity contribution in [3.05, 3.63) is 59.2 Å². The van der Waals surface area contributed by atoms with Gasteiger partial charge in [-0.1, -0.05) is 12.1 Å². The first-order valence-corrected chi connectivity index (χ1v) is 10.5. The van der Waals surface area contributed by atoms with Gasteiger partial charge >= 0.3 is 0 Å². The number of nitrogens with zero attached hydrogens (tertiary/aromatic N) is 3. The zero-order valence-corrected chi connectivity index (χ0v) is 17.2. The lowest BCUT2D eigenvalue weighted by Gasteiger charge is -2.23. The molecular weight excluding hydrogens is 392 g/mol. The highest BCUT2D eigenvalue weighted by atomic mass is 32.2. The summed E-state index contributed by atoms with van der Waals surface area (Å²) in [5, 5.41) is 12.3. The van der Waals surface area contributed by atoms with Gasteiger partial charge in [0.15, 0.2) is 6.61 Å². The van der Waals surface area contributed by atoms with Gasteiger partial charge in [0.1, 0.15) is 18.4 Å². The summed E-state index contributed by atoms with van der Waals surface area (Å²) in [5.74, 6) is -0.0217. The van der Waals surface area contributed by atoms with E-state index >= 15 is 0 Å². The Morgan fingerprint density at radius 3 is 2.55 bits per heavy atom. The Balaban J connectivity index is 2.04. The average Bonchev–Trinajstić information content (AvgIpc) is 2.66. The molecule has 1 amide bonds. The van der Waals surface area contributed by atoms with E-state index in [9.17, 15) is 13.2 Å². The Morgan fingerprint density at radius 1 is 1.24 bits per heavy atom. The van der Waals surface area contributed by atoms with E-state index < -0.39 is 15.9 Å². The quantitative estimate of drug-likeness (QED) is 0.525. The number of carbonyl (C=O) groups is 1. The normalized spacial score (nSPS) is 11.1. The lowest BCUT2D eigenvalue weighted by atomic mass is 10.1. The molecule has 0 spiro atoms. The second-order valence-electron chi connectivity index (χ2n) is 6.37. The van der Waals surface area contributed by atoms with Crippen molar-refractivity contribution in [2.24, 2.45) is 5.10 Å². The molecule has 0 heterocycles. The molecule has 1 N–H and O–H groups in total. The molecule has 2 aromatic rings. The van der Waals surface area contributed by atoms with Crippen LogP contribution in [0.2, 0.25) is 0 Å². The lowest BCUT2D eigenvalue weighted by Crippen LogP contribution is -2.39. The van der Waals surface area contributed by atoms with Crippen LogP contribution in [0, 0.1) is 25.2 Å². The number of amides is 1. The average molecular weight is 414 g/mol. The van der Waals surface area contributed by atoms with E-state index in [4.69, 9.17) is 10.00 Å². The highest BCUT2D eigenvalue weighted by Gasteiger charge is 2.22. The van der Waals surface area contributed by atoms with Crippen LogP contribution in [0.4, 0.5) is 5.69 Å². The number of anilines is 1. The van der Waals surface area contributed by atoms with Gasteiger partial charge in [-0.15, -0.1) is 0 Å². The lowest BCUT2D eigenvalue weighted by molar-refractivity contribution is -0.119. The minimum atomic E-state index is -3.66. The number of nitrogens with one attached hydrogen (secondary N) is 1. The predicted molar refractivity (Wildman–Crippen MR) is 111 cm³/mol. The molecule has 0 aromatic heterocycles. The highest BCUT2D eigenvalue weighted by Crippen LogP contribution is 2.23. The first kappa shape index (κ1) is 21.9. The van der Waals surface area contributed by atoms with Crippen molar-refractivity contribution in [1.82, 2.24) is 5.43 Å². The number of nitriles is 1. The van der Waals surface area contributed by atoms with E-state index in [1.165, 1.54) is 6.21 Å². The largest absolute Gasteiger partial charge is 0.479 e. The topological polar surface area (TPSA) is 112 Å². The number of carbonyl (C=O) groups excluding carboxylic acids is 1. The van der Waals surface area contributed by atoms with Crippen molar-refractivity contribution < 1.29 is 17.9 Å². The van der Waals surface area contributed by atoms with Gasteiger partial charge in [0.2, 0.25) is 10.0 Å². The van der Waals surface area contributed by atoms with E-state index in [1.54, 1.807) is 37.3 Å². The van der Waals surface area contributed by atoms with E-state index in [1.807, 2.05) is 25.1 Å². The van der Waals surface area contributed by atoms with E-state index in [-0.39, 0.29) is 13.2 Å². The van der Waals surface area contributed by atoms with Gasteiger partial charge in [0.25, 0.3) is 5.91 Å². The van der Waals surface area contributed by atoms with E-state index in [0.717, 1.165) is 21.7 Å². The maximum atomic E-state index is 12.3. The highest BCUT2D eigenvalue weighted by molar-refractivity contribution is 7.92. The SMILES string of the molecule is Cc1ccc(C)c(N(CC(=O)N/N=C\c2ccc(OCC#N)cc2)S(C)(=O)=O)c1. The number of aryl methyl sites for hydroxylation is 2. The number of hydrazone groups is 1. The van der Waals surface area contributed by atoms with Gasteiger partial charge in [0, 0.05) is 0 Å². The zero-order valence-electron chi connectivity index (χ0n) is 16.4. The summed E-state index contributed by atoms with van der Waals surface area (Å²) in [4.78, 5) is 12.3. The minimum absolute atomic E-state index is 0.0409. The Labute approximate surface area is 170 Å². The monoisotopic (exact) mass is 414 g/mol. The number of ether oxygens (including phenoxy) is 1. The second kappa shape index (κ2) is 9.71. The van der Waals surface area contributed by atoms with Crippen LogP contribution in [-0.4, -0.2) is 39.9 Å². The summed E-state index contributed by atoms with van der Waals surface area (Å²) < 4.78 is 30.6. The van der Waals surface area contributed by atoms with Crippen LogP contribution < -0.4 is 14.5 Å². The Morgan fingerprint density at radius 2 is 1.93 bits per heavy atom. The third-order valence-electron chi connectivity index (χ3n) is 3.91. The molecule has 0 aliphatic rings. The van der Waals surface area contributed by atoms with Gasteiger partial charge in [0.05, 0.1) is 18.2 Å². The summed E-state index contributed by atoms with van der Waals surface area (Å²) in [7, 11) is -3.66. The maximum absolute atomic E-state index is 12.3. The van der Waals surface area contributed by atoms with E-state index in [2.05, 4.69) is 10.5 Å². The molecule has 0 saturated carbocycles. The van der Waals surface area contributed by atoms with Gasteiger partial charge in [-0.3, -0.25) is 9.10 Å². The third kappa shape index (κ3) is 6.62. The van der Waals surface area contributed by atoms with Crippen LogP contribution in [-0.2, 0) is 14.8 Å². The summed E-state index contributed by atoms with van der Waals surface area (Å²) in [6.45, 7) is 3.21. The number of sulfonamides is 1. The molecule has 0 fully saturated rings. The zero-order chi connectivity index (χ0) is 21.4. The summed E-state index contributed by atoms with van der Waals surface area (Å²) >= 11 is 0. The molecule has 2 aromatic carbocycles. The molecule has 0 atom stereocenters. The van der Waals surface area contributed by atoms with Crippen molar-refractivity contribution in [3.63, 3.8) is 0 Å². The van der Waals surface area contributed by atoms with Crippen LogP contribution in [0.5, 0.6) is 5.75 Å². The molecule has 0 saturated heterocycles. The van der Waals surface area contributed by atoms with Crippen molar-refractivity contribution in [2.75, 3.05) is 23.7 Å².